The number of carbonyl (C=O) groups excluding carboxylic acids is 2. The molecule has 0 aromatic heterocycles. The first-order chi connectivity index (χ1) is 22.4. The van der Waals surface area contributed by atoms with E-state index in [4.69, 9.17) is 25.8 Å². The monoisotopic (exact) mass is 662 g/mol. The number of ether oxygens (including phenoxy) is 3. The standard InChI is InChI=1S/C38H47ClN2O6/c1-26-28(24-46-35-22-33(43)29(23-42)21-32(35)39)9-6-10-30(26)31-11-7-12-34(27(31)2)45-20-8-16-40-17-13-38(14-18-40)15-19-41(25-38)36(44)47-37(3,4)5/h6-7,9-12,21-23,43H,8,13-20,24-25H2,1-5H3. The van der Waals surface area contributed by atoms with Crippen molar-refractivity contribution in [3.8, 4) is 28.4 Å². The molecule has 0 atom stereocenters. The van der Waals surface area contributed by atoms with Gasteiger partial charge in [-0.25, -0.2) is 4.79 Å². The van der Waals surface area contributed by atoms with Crippen LogP contribution in [0.25, 0.3) is 11.1 Å². The van der Waals surface area contributed by atoms with Gasteiger partial charge in [-0.2, -0.15) is 0 Å². The molecule has 2 heterocycles. The summed E-state index contributed by atoms with van der Waals surface area (Å²) in [5.41, 5.74) is 5.23. The van der Waals surface area contributed by atoms with E-state index < -0.39 is 5.60 Å². The van der Waals surface area contributed by atoms with Crippen molar-refractivity contribution in [1.82, 2.24) is 9.80 Å². The smallest absolute Gasteiger partial charge is 0.410 e. The number of piperidine rings is 1. The number of carbonyl (C=O) groups is 2. The van der Waals surface area contributed by atoms with Crippen LogP contribution in [0.3, 0.4) is 0 Å². The zero-order valence-corrected chi connectivity index (χ0v) is 29.0. The highest BCUT2D eigenvalue weighted by Crippen LogP contribution is 2.41. The Morgan fingerprint density at radius 2 is 1.64 bits per heavy atom. The highest BCUT2D eigenvalue weighted by molar-refractivity contribution is 6.32. The minimum absolute atomic E-state index is 0.122. The summed E-state index contributed by atoms with van der Waals surface area (Å²) in [7, 11) is 0. The number of phenols is 1. The van der Waals surface area contributed by atoms with Crippen LogP contribution in [-0.4, -0.2) is 72.2 Å². The number of nitrogens with zero attached hydrogens (tertiary/aromatic N) is 2. The fraction of sp³-hybridized carbons (Fsp3) is 0.474. The lowest BCUT2D eigenvalue weighted by Gasteiger charge is -2.39. The molecule has 5 rings (SSSR count). The summed E-state index contributed by atoms with van der Waals surface area (Å²) in [6.07, 6.45) is 4.60. The molecule has 9 heteroatoms. The van der Waals surface area contributed by atoms with E-state index in [0.717, 1.165) is 92.0 Å². The van der Waals surface area contributed by atoms with E-state index in [-0.39, 0.29) is 34.5 Å². The number of hydrogen-bond donors (Lipinski definition) is 1. The van der Waals surface area contributed by atoms with Crippen LogP contribution >= 0.6 is 11.6 Å². The lowest BCUT2D eigenvalue weighted by Crippen LogP contribution is -2.43. The lowest BCUT2D eigenvalue weighted by molar-refractivity contribution is 0.0246. The minimum atomic E-state index is -0.464. The number of aldehydes is 1. The summed E-state index contributed by atoms with van der Waals surface area (Å²) in [5, 5.41) is 10.3. The van der Waals surface area contributed by atoms with Crippen LogP contribution in [0.1, 0.15) is 73.5 Å². The molecule has 2 aliphatic heterocycles. The maximum atomic E-state index is 12.6. The first kappa shape index (κ1) is 34.6. The molecular formula is C38H47ClN2O6. The second-order valence-electron chi connectivity index (χ2n) is 14.0. The van der Waals surface area contributed by atoms with Crippen molar-refractivity contribution in [3.05, 3.63) is 75.8 Å². The van der Waals surface area contributed by atoms with Gasteiger partial charge in [0, 0.05) is 25.7 Å². The highest BCUT2D eigenvalue weighted by Gasteiger charge is 2.43. The molecule has 0 aliphatic carbocycles. The Kier molecular flexibility index (Phi) is 10.7. The summed E-state index contributed by atoms with van der Waals surface area (Å²) < 4.78 is 17.9. The molecule has 0 radical (unpaired) electrons. The Labute approximate surface area is 283 Å². The van der Waals surface area contributed by atoms with Crippen LogP contribution < -0.4 is 9.47 Å². The molecule has 0 bridgehead atoms. The SMILES string of the molecule is Cc1c(COc2cc(O)c(C=O)cc2Cl)cccc1-c1cccc(OCCCN2CCC3(CC2)CCN(C(=O)OC(C)(C)C)C3)c1C. The average molecular weight is 663 g/mol. The van der Waals surface area contributed by atoms with Gasteiger partial charge < -0.3 is 29.1 Å². The normalized spacial score (nSPS) is 16.3. The molecule has 3 aromatic rings. The number of amides is 1. The number of phenolic OH excluding ortho intramolecular Hbond substituents is 1. The Hall–Kier alpha value is -3.75. The quantitative estimate of drug-likeness (QED) is 0.173. The van der Waals surface area contributed by atoms with Crippen molar-refractivity contribution < 1.29 is 28.9 Å². The molecule has 0 unspecified atom stereocenters. The lowest BCUT2D eigenvalue weighted by atomic mass is 9.78. The zero-order valence-electron chi connectivity index (χ0n) is 28.2. The average Bonchev–Trinajstić information content (AvgIpc) is 3.45. The molecule has 0 saturated carbocycles. The minimum Gasteiger partial charge on any atom is -0.507 e. The van der Waals surface area contributed by atoms with E-state index in [2.05, 4.69) is 30.9 Å². The first-order valence-electron chi connectivity index (χ1n) is 16.5. The fourth-order valence-corrected chi connectivity index (χ4v) is 6.89. The van der Waals surface area contributed by atoms with Gasteiger partial charge in [-0.3, -0.25) is 4.79 Å². The molecular weight excluding hydrogens is 616 g/mol. The summed E-state index contributed by atoms with van der Waals surface area (Å²) in [6, 6.07) is 15.1. The molecule has 1 amide bonds. The Bertz CT molecular complexity index is 1590. The van der Waals surface area contributed by atoms with Crippen LogP contribution in [0.5, 0.6) is 17.2 Å². The van der Waals surface area contributed by atoms with Gasteiger partial charge >= 0.3 is 6.09 Å². The highest BCUT2D eigenvalue weighted by atomic mass is 35.5. The molecule has 2 aliphatic rings. The molecule has 1 spiro atoms. The Morgan fingerprint density at radius 3 is 2.34 bits per heavy atom. The van der Waals surface area contributed by atoms with Crippen molar-refractivity contribution in [1.29, 1.82) is 0 Å². The fourth-order valence-electron chi connectivity index (χ4n) is 6.66. The van der Waals surface area contributed by atoms with Crippen LogP contribution in [0.2, 0.25) is 5.02 Å². The number of benzene rings is 3. The van der Waals surface area contributed by atoms with E-state index in [1.807, 2.05) is 49.9 Å². The number of aromatic hydroxyl groups is 1. The van der Waals surface area contributed by atoms with Gasteiger partial charge in [0.1, 0.15) is 29.5 Å². The molecule has 8 nitrogen and oxygen atoms in total. The van der Waals surface area contributed by atoms with Gasteiger partial charge in [-0.05, 0) is 119 Å². The van der Waals surface area contributed by atoms with Crippen LogP contribution in [0, 0.1) is 19.3 Å². The number of rotatable bonds is 10. The van der Waals surface area contributed by atoms with Gasteiger partial charge in [0.25, 0.3) is 0 Å². The number of halogens is 1. The molecule has 252 valence electrons. The van der Waals surface area contributed by atoms with E-state index >= 15 is 0 Å². The van der Waals surface area contributed by atoms with Gasteiger partial charge in [-0.1, -0.05) is 41.9 Å². The van der Waals surface area contributed by atoms with Gasteiger partial charge in [-0.15, -0.1) is 0 Å². The predicted molar refractivity (Wildman–Crippen MR) is 185 cm³/mol. The van der Waals surface area contributed by atoms with Crippen molar-refractivity contribution >= 4 is 24.0 Å². The largest absolute Gasteiger partial charge is 0.507 e. The van der Waals surface area contributed by atoms with Crippen LogP contribution in [0.15, 0.2) is 48.5 Å². The zero-order chi connectivity index (χ0) is 33.8. The third-order valence-corrected chi connectivity index (χ3v) is 9.79. The molecule has 2 saturated heterocycles. The second kappa shape index (κ2) is 14.6. The van der Waals surface area contributed by atoms with Gasteiger partial charge in [0.2, 0.25) is 0 Å². The van der Waals surface area contributed by atoms with Crippen molar-refractivity contribution in [2.45, 2.75) is 72.5 Å². The van der Waals surface area contributed by atoms with Crippen molar-refractivity contribution in [3.63, 3.8) is 0 Å². The second-order valence-corrected chi connectivity index (χ2v) is 14.4. The summed E-state index contributed by atoms with van der Waals surface area (Å²) in [4.78, 5) is 28.1. The maximum Gasteiger partial charge on any atom is 0.410 e. The number of hydrogen-bond acceptors (Lipinski definition) is 7. The van der Waals surface area contributed by atoms with Gasteiger partial charge in [0.05, 0.1) is 17.2 Å². The van der Waals surface area contributed by atoms with Gasteiger partial charge in [0.15, 0.2) is 6.29 Å². The summed E-state index contributed by atoms with van der Waals surface area (Å²) in [5.74, 6) is 1.03. The molecule has 47 heavy (non-hydrogen) atoms. The summed E-state index contributed by atoms with van der Waals surface area (Å²) in [6.45, 7) is 15.5. The van der Waals surface area contributed by atoms with Crippen LogP contribution in [-0.2, 0) is 11.3 Å². The van der Waals surface area contributed by atoms with Crippen molar-refractivity contribution in [2.75, 3.05) is 39.3 Å². The number of likely N-dealkylation sites (tertiary alicyclic amines) is 2. The predicted octanol–water partition coefficient (Wildman–Crippen LogP) is 8.21. The molecule has 1 N–H and O–H groups in total. The molecule has 3 aromatic carbocycles. The van der Waals surface area contributed by atoms with E-state index in [1.165, 1.54) is 12.1 Å². The van der Waals surface area contributed by atoms with E-state index in [9.17, 15) is 14.7 Å². The third-order valence-electron chi connectivity index (χ3n) is 9.49. The third kappa shape index (κ3) is 8.40. The Morgan fingerprint density at radius 1 is 0.957 bits per heavy atom. The molecule has 2 fully saturated rings. The Balaban J connectivity index is 1.12. The van der Waals surface area contributed by atoms with Crippen LogP contribution in [0.4, 0.5) is 4.79 Å². The topological polar surface area (TPSA) is 88.5 Å². The van der Waals surface area contributed by atoms with E-state index in [1.54, 1.807) is 0 Å². The summed E-state index contributed by atoms with van der Waals surface area (Å²) >= 11 is 6.28. The van der Waals surface area contributed by atoms with Crippen molar-refractivity contribution in [2.24, 2.45) is 5.41 Å². The first-order valence-corrected chi connectivity index (χ1v) is 16.9. The maximum absolute atomic E-state index is 12.6. The van der Waals surface area contributed by atoms with E-state index in [0.29, 0.717) is 18.6 Å².